The van der Waals surface area contributed by atoms with Crippen molar-refractivity contribution in [2.45, 2.75) is 18.7 Å². The SMILES string of the molecule is CCN(CC)S(=O)(=O)c1ccc(Cl)c(NC(=O)/C=C/c2cc(OC)c3c(c2)OCCO3)c1. The molecule has 0 unspecified atom stereocenters. The topological polar surface area (TPSA) is 94.2 Å². The summed E-state index contributed by atoms with van der Waals surface area (Å²) in [5.74, 6) is 1.09. The fraction of sp³-hybridized carbons (Fsp3) is 0.318. The van der Waals surface area contributed by atoms with Crippen LogP contribution >= 0.6 is 11.6 Å². The monoisotopic (exact) mass is 480 g/mol. The van der Waals surface area contributed by atoms with E-state index in [1.165, 1.54) is 35.7 Å². The first-order valence-electron chi connectivity index (χ1n) is 10.1. The van der Waals surface area contributed by atoms with E-state index in [1.54, 1.807) is 32.1 Å². The molecular formula is C22H25ClN2O6S. The van der Waals surface area contributed by atoms with Crippen LogP contribution in [-0.2, 0) is 14.8 Å². The molecule has 0 saturated heterocycles. The van der Waals surface area contributed by atoms with Crippen LogP contribution in [0.4, 0.5) is 5.69 Å². The highest BCUT2D eigenvalue weighted by atomic mass is 35.5. The highest BCUT2D eigenvalue weighted by molar-refractivity contribution is 7.89. The Labute approximate surface area is 192 Å². The predicted octanol–water partition coefficient (Wildman–Crippen LogP) is 3.80. The van der Waals surface area contributed by atoms with Crippen molar-refractivity contribution in [3.63, 3.8) is 0 Å². The zero-order valence-corrected chi connectivity index (χ0v) is 19.6. The molecule has 0 bridgehead atoms. The molecule has 2 aromatic carbocycles. The van der Waals surface area contributed by atoms with Crippen molar-refractivity contribution in [1.82, 2.24) is 4.31 Å². The number of hydrogen-bond donors (Lipinski definition) is 1. The Kier molecular flexibility index (Phi) is 7.65. The van der Waals surface area contributed by atoms with Gasteiger partial charge in [0.2, 0.25) is 21.7 Å². The van der Waals surface area contributed by atoms with Crippen molar-refractivity contribution in [2.24, 2.45) is 0 Å². The number of hydrogen-bond acceptors (Lipinski definition) is 6. The number of nitrogens with one attached hydrogen (secondary N) is 1. The van der Waals surface area contributed by atoms with Crippen LogP contribution in [-0.4, -0.2) is 52.0 Å². The molecular weight excluding hydrogens is 456 g/mol. The van der Waals surface area contributed by atoms with Gasteiger partial charge in [0.15, 0.2) is 11.5 Å². The lowest BCUT2D eigenvalue weighted by Crippen LogP contribution is -2.30. The van der Waals surface area contributed by atoms with Crippen molar-refractivity contribution in [1.29, 1.82) is 0 Å². The molecule has 0 saturated carbocycles. The van der Waals surface area contributed by atoms with Gasteiger partial charge in [-0.2, -0.15) is 4.31 Å². The Morgan fingerprint density at radius 1 is 1.19 bits per heavy atom. The van der Waals surface area contributed by atoms with Crippen LogP contribution in [0.25, 0.3) is 6.08 Å². The van der Waals surface area contributed by atoms with Gasteiger partial charge in [-0.1, -0.05) is 25.4 Å². The number of amides is 1. The van der Waals surface area contributed by atoms with Gasteiger partial charge in [0.25, 0.3) is 0 Å². The summed E-state index contributed by atoms with van der Waals surface area (Å²) in [5.41, 5.74) is 0.875. The van der Waals surface area contributed by atoms with Gasteiger partial charge >= 0.3 is 0 Å². The van der Waals surface area contributed by atoms with E-state index in [4.69, 9.17) is 25.8 Å². The molecule has 10 heteroatoms. The maximum atomic E-state index is 12.8. The van der Waals surface area contributed by atoms with E-state index in [1.807, 2.05) is 0 Å². The number of anilines is 1. The molecule has 172 valence electrons. The Morgan fingerprint density at radius 2 is 1.91 bits per heavy atom. The summed E-state index contributed by atoms with van der Waals surface area (Å²) < 4.78 is 43.3. The molecule has 32 heavy (non-hydrogen) atoms. The lowest BCUT2D eigenvalue weighted by molar-refractivity contribution is -0.111. The number of methoxy groups -OCH3 is 1. The number of fused-ring (bicyclic) bond motifs is 1. The second kappa shape index (κ2) is 10.2. The second-order valence-corrected chi connectivity index (χ2v) is 9.15. The Bertz CT molecular complexity index is 1110. The van der Waals surface area contributed by atoms with E-state index >= 15 is 0 Å². The van der Waals surface area contributed by atoms with E-state index in [-0.39, 0.29) is 15.6 Å². The first kappa shape index (κ1) is 23.9. The summed E-state index contributed by atoms with van der Waals surface area (Å²) in [6.45, 7) is 5.06. The minimum Gasteiger partial charge on any atom is -0.493 e. The average molecular weight is 481 g/mol. The summed E-state index contributed by atoms with van der Waals surface area (Å²) >= 11 is 6.18. The molecule has 1 aliphatic rings. The van der Waals surface area contributed by atoms with E-state index in [2.05, 4.69) is 5.32 Å². The van der Waals surface area contributed by atoms with Crippen LogP contribution in [0.2, 0.25) is 5.02 Å². The van der Waals surface area contributed by atoms with Crippen molar-refractivity contribution in [2.75, 3.05) is 38.7 Å². The maximum Gasteiger partial charge on any atom is 0.248 e. The fourth-order valence-electron chi connectivity index (χ4n) is 3.21. The number of nitrogens with zero attached hydrogens (tertiary/aromatic N) is 1. The van der Waals surface area contributed by atoms with E-state index in [0.717, 1.165) is 0 Å². The Hall–Kier alpha value is -2.75. The normalized spacial score (nSPS) is 13.4. The molecule has 8 nitrogen and oxygen atoms in total. The maximum absolute atomic E-state index is 12.8. The zero-order valence-electron chi connectivity index (χ0n) is 18.1. The summed E-state index contributed by atoms with van der Waals surface area (Å²) in [6.07, 6.45) is 2.90. The van der Waals surface area contributed by atoms with Crippen molar-refractivity contribution in [3.8, 4) is 17.2 Å². The van der Waals surface area contributed by atoms with Crippen molar-refractivity contribution >= 4 is 39.3 Å². The third kappa shape index (κ3) is 5.17. The van der Waals surface area contributed by atoms with Crippen molar-refractivity contribution in [3.05, 3.63) is 47.0 Å². The summed E-state index contributed by atoms with van der Waals surface area (Å²) in [6, 6.07) is 7.69. The second-order valence-electron chi connectivity index (χ2n) is 6.80. The first-order chi connectivity index (χ1) is 15.3. The lowest BCUT2D eigenvalue weighted by Gasteiger charge is -2.20. The van der Waals surface area contributed by atoms with Crippen LogP contribution in [0, 0.1) is 0 Å². The highest BCUT2D eigenvalue weighted by Crippen LogP contribution is 2.40. The molecule has 1 heterocycles. The average Bonchev–Trinajstić information content (AvgIpc) is 2.79. The minimum absolute atomic E-state index is 0.0569. The molecule has 1 N–H and O–H groups in total. The lowest BCUT2D eigenvalue weighted by atomic mass is 10.1. The predicted molar refractivity (Wildman–Crippen MR) is 123 cm³/mol. The zero-order chi connectivity index (χ0) is 23.3. The van der Waals surface area contributed by atoms with Crippen LogP contribution in [0.3, 0.4) is 0 Å². The molecule has 1 aliphatic heterocycles. The van der Waals surface area contributed by atoms with Crippen LogP contribution in [0.1, 0.15) is 19.4 Å². The van der Waals surface area contributed by atoms with E-state index < -0.39 is 15.9 Å². The third-order valence-corrected chi connectivity index (χ3v) is 7.19. The van der Waals surface area contributed by atoms with Gasteiger partial charge in [0.05, 0.1) is 22.7 Å². The number of carbonyl (C=O) groups excluding carboxylic acids is 1. The van der Waals surface area contributed by atoms with Gasteiger partial charge in [-0.05, 0) is 42.0 Å². The summed E-state index contributed by atoms with van der Waals surface area (Å²) in [4.78, 5) is 12.5. The summed E-state index contributed by atoms with van der Waals surface area (Å²) in [5, 5.41) is 2.86. The smallest absolute Gasteiger partial charge is 0.248 e. The summed E-state index contributed by atoms with van der Waals surface area (Å²) in [7, 11) is -2.16. The molecule has 0 fully saturated rings. The number of sulfonamides is 1. The number of benzene rings is 2. The van der Waals surface area contributed by atoms with E-state index in [9.17, 15) is 13.2 Å². The molecule has 3 rings (SSSR count). The number of carbonyl (C=O) groups is 1. The molecule has 0 aromatic heterocycles. The molecule has 0 radical (unpaired) electrons. The Morgan fingerprint density at radius 3 is 2.59 bits per heavy atom. The first-order valence-corrected chi connectivity index (χ1v) is 11.9. The standard InChI is InChI=1S/C22H25ClN2O6S/c1-4-25(5-2)32(27,28)16-7-8-17(23)18(14-16)24-21(26)9-6-15-12-19(29-3)22-20(13-15)30-10-11-31-22/h6-9,12-14H,4-5,10-11H2,1-3H3,(H,24,26)/b9-6+. The molecule has 0 aliphatic carbocycles. The Balaban J connectivity index is 1.80. The highest BCUT2D eigenvalue weighted by Gasteiger charge is 2.23. The van der Waals surface area contributed by atoms with Gasteiger partial charge in [0.1, 0.15) is 13.2 Å². The van der Waals surface area contributed by atoms with Gasteiger partial charge in [-0.25, -0.2) is 8.42 Å². The quantitative estimate of drug-likeness (QED) is 0.577. The van der Waals surface area contributed by atoms with Gasteiger partial charge < -0.3 is 19.5 Å². The molecule has 1 amide bonds. The van der Waals surface area contributed by atoms with E-state index in [0.29, 0.717) is 49.1 Å². The van der Waals surface area contributed by atoms with Gasteiger partial charge in [0, 0.05) is 19.2 Å². The largest absolute Gasteiger partial charge is 0.493 e. The number of halogens is 1. The number of rotatable bonds is 8. The minimum atomic E-state index is -3.68. The fourth-order valence-corrected chi connectivity index (χ4v) is 4.86. The molecule has 2 aromatic rings. The van der Waals surface area contributed by atoms with Gasteiger partial charge in [-0.3, -0.25) is 4.79 Å². The number of ether oxygens (including phenoxy) is 3. The van der Waals surface area contributed by atoms with Crippen molar-refractivity contribution < 1.29 is 27.4 Å². The van der Waals surface area contributed by atoms with Crippen LogP contribution in [0.5, 0.6) is 17.2 Å². The van der Waals surface area contributed by atoms with Crippen LogP contribution < -0.4 is 19.5 Å². The van der Waals surface area contributed by atoms with Crippen LogP contribution in [0.15, 0.2) is 41.3 Å². The third-order valence-electron chi connectivity index (χ3n) is 4.82. The molecule has 0 spiro atoms. The molecule has 0 atom stereocenters. The van der Waals surface area contributed by atoms with Gasteiger partial charge in [-0.15, -0.1) is 0 Å².